The molecule has 9 nitrogen and oxygen atoms in total. The van der Waals surface area contributed by atoms with E-state index < -0.39 is 0 Å². The van der Waals surface area contributed by atoms with Crippen LogP contribution in [-0.2, 0) is 13.0 Å². The largest absolute Gasteiger partial charge is 0.485 e. The molecule has 0 saturated carbocycles. The fourth-order valence-corrected chi connectivity index (χ4v) is 5.56. The summed E-state index contributed by atoms with van der Waals surface area (Å²) in [4.78, 5) is 14.3. The Kier molecular flexibility index (Phi) is 7.98. The summed E-state index contributed by atoms with van der Waals surface area (Å²) >= 11 is 0. The molecule has 2 aliphatic rings. The first-order valence-electron chi connectivity index (χ1n) is 13.1. The number of benzene rings is 2. The van der Waals surface area contributed by atoms with Crippen LogP contribution in [0, 0.1) is 13.8 Å². The number of halogens is 2. The molecule has 0 atom stereocenters. The zero-order valence-corrected chi connectivity index (χ0v) is 24.0. The fraction of sp³-hybridized carbons (Fsp3) is 0.310. The van der Waals surface area contributed by atoms with Crippen LogP contribution in [0.4, 0.5) is 5.69 Å². The van der Waals surface area contributed by atoms with Crippen LogP contribution in [0.1, 0.15) is 22.8 Å². The number of ether oxygens (including phenoxy) is 1. The van der Waals surface area contributed by atoms with Gasteiger partial charge in [-0.05, 0) is 49.2 Å². The van der Waals surface area contributed by atoms with Gasteiger partial charge in [-0.1, -0.05) is 18.2 Å². The standard InChI is InChI=1S/C29H29N7O2.2ClH/c1-19-9-10-22-23(31-19)6-4-7-24(22)35-15-13-34(14-16-35)12-11-21-5-3-8-25-28(21)37-17-26-27(30-18-36(25)26)29-33-32-20(2)38-29;;/h3-10,18H,11-17H2,1-2H3;2*1H. The summed E-state index contributed by atoms with van der Waals surface area (Å²) in [6.45, 7) is 9.31. The maximum atomic E-state index is 6.29. The highest BCUT2D eigenvalue weighted by atomic mass is 35.5. The van der Waals surface area contributed by atoms with Gasteiger partial charge in [0.05, 0.1) is 16.9 Å². The molecule has 0 amide bonds. The summed E-state index contributed by atoms with van der Waals surface area (Å²) in [6, 6.07) is 17.1. The van der Waals surface area contributed by atoms with Crippen molar-refractivity contribution in [2.45, 2.75) is 26.9 Å². The Hall–Kier alpha value is -3.66. The third-order valence-corrected chi connectivity index (χ3v) is 7.54. The smallest absolute Gasteiger partial charge is 0.268 e. The van der Waals surface area contributed by atoms with Gasteiger partial charge < -0.3 is 14.1 Å². The first-order valence-corrected chi connectivity index (χ1v) is 13.1. The van der Waals surface area contributed by atoms with Gasteiger partial charge in [-0.25, -0.2) is 4.98 Å². The van der Waals surface area contributed by atoms with E-state index in [1.54, 1.807) is 6.92 Å². The zero-order chi connectivity index (χ0) is 25.6. The maximum Gasteiger partial charge on any atom is 0.268 e. The number of nitrogens with zero attached hydrogens (tertiary/aromatic N) is 7. The molecule has 2 aliphatic heterocycles. The van der Waals surface area contributed by atoms with Crippen LogP contribution in [-0.4, -0.2) is 62.4 Å². The van der Waals surface area contributed by atoms with Crippen LogP contribution in [0.5, 0.6) is 5.75 Å². The number of rotatable bonds is 5. The third-order valence-electron chi connectivity index (χ3n) is 7.54. The first-order chi connectivity index (χ1) is 18.6. The highest BCUT2D eigenvalue weighted by Gasteiger charge is 2.26. The van der Waals surface area contributed by atoms with Gasteiger partial charge in [-0.15, -0.1) is 35.0 Å². The number of pyridine rings is 1. The molecule has 1 fully saturated rings. The maximum absolute atomic E-state index is 6.29. The van der Waals surface area contributed by atoms with E-state index in [2.05, 4.69) is 78.1 Å². The van der Waals surface area contributed by atoms with Gasteiger partial charge in [0.1, 0.15) is 18.7 Å². The zero-order valence-electron chi connectivity index (χ0n) is 22.4. The minimum absolute atomic E-state index is 0. The molecule has 11 heteroatoms. The predicted octanol–water partition coefficient (Wildman–Crippen LogP) is 5.19. The molecule has 0 spiro atoms. The molecule has 2 aromatic carbocycles. The topological polar surface area (TPSA) is 85.3 Å². The van der Waals surface area contributed by atoms with Gasteiger partial charge in [-0.3, -0.25) is 14.5 Å². The van der Waals surface area contributed by atoms with E-state index in [4.69, 9.17) is 14.1 Å². The van der Waals surface area contributed by atoms with Crippen molar-refractivity contribution in [3.05, 3.63) is 77.7 Å². The fourth-order valence-electron chi connectivity index (χ4n) is 5.56. The second-order valence-electron chi connectivity index (χ2n) is 9.97. The lowest BCUT2D eigenvalue weighted by Gasteiger charge is -2.36. The van der Waals surface area contributed by atoms with E-state index in [1.165, 1.54) is 16.6 Å². The summed E-state index contributed by atoms with van der Waals surface area (Å²) in [5.74, 6) is 1.88. The molecule has 0 unspecified atom stereocenters. The number of aromatic nitrogens is 5. The number of para-hydroxylation sites is 1. The minimum atomic E-state index is 0. The quantitative estimate of drug-likeness (QED) is 0.281. The van der Waals surface area contributed by atoms with Gasteiger partial charge in [0, 0.05) is 56.4 Å². The Morgan fingerprint density at radius 1 is 0.875 bits per heavy atom. The first kappa shape index (κ1) is 27.9. The number of aryl methyl sites for hydroxylation is 2. The lowest BCUT2D eigenvalue weighted by Crippen LogP contribution is -2.47. The molecule has 0 radical (unpaired) electrons. The summed E-state index contributed by atoms with van der Waals surface area (Å²) in [7, 11) is 0. The van der Waals surface area contributed by atoms with Crippen LogP contribution in [0.25, 0.3) is 28.2 Å². The molecule has 0 bridgehead atoms. The van der Waals surface area contributed by atoms with Crippen molar-refractivity contribution in [1.29, 1.82) is 0 Å². The molecule has 5 heterocycles. The molecule has 0 aliphatic carbocycles. The van der Waals surface area contributed by atoms with Crippen molar-refractivity contribution in [3.8, 4) is 23.0 Å². The third kappa shape index (κ3) is 5.00. The number of hydrogen-bond donors (Lipinski definition) is 0. The number of imidazole rings is 1. The van der Waals surface area contributed by atoms with E-state index in [0.717, 1.165) is 67.5 Å². The van der Waals surface area contributed by atoms with Crippen molar-refractivity contribution in [1.82, 2.24) is 29.6 Å². The Balaban J connectivity index is 0.00000161. The summed E-state index contributed by atoms with van der Waals surface area (Å²) < 4.78 is 14.0. The summed E-state index contributed by atoms with van der Waals surface area (Å²) in [6.07, 6.45) is 2.75. The molecule has 7 rings (SSSR count). The van der Waals surface area contributed by atoms with Crippen molar-refractivity contribution < 1.29 is 9.15 Å². The highest BCUT2D eigenvalue weighted by Crippen LogP contribution is 2.36. The Bertz CT molecular complexity index is 1640. The second kappa shape index (κ2) is 11.4. The minimum Gasteiger partial charge on any atom is -0.485 e. The number of anilines is 1. The molecular weight excluding hydrogens is 549 g/mol. The van der Waals surface area contributed by atoms with E-state index in [0.29, 0.717) is 24.1 Å². The highest BCUT2D eigenvalue weighted by molar-refractivity contribution is 5.92. The average molecular weight is 581 g/mol. The van der Waals surface area contributed by atoms with Crippen molar-refractivity contribution in [3.63, 3.8) is 0 Å². The summed E-state index contributed by atoms with van der Waals surface area (Å²) in [5.41, 5.74) is 7.23. The molecule has 3 aromatic heterocycles. The number of piperazine rings is 1. The molecule has 40 heavy (non-hydrogen) atoms. The molecule has 5 aromatic rings. The molecular formula is C29H31Cl2N7O2. The van der Waals surface area contributed by atoms with Gasteiger partial charge in [-0.2, -0.15) is 0 Å². The van der Waals surface area contributed by atoms with Crippen LogP contribution < -0.4 is 9.64 Å². The van der Waals surface area contributed by atoms with Gasteiger partial charge in [0.15, 0.2) is 5.69 Å². The van der Waals surface area contributed by atoms with Crippen molar-refractivity contribution in [2.75, 3.05) is 37.6 Å². The number of fused-ring (bicyclic) bond motifs is 4. The van der Waals surface area contributed by atoms with Crippen LogP contribution in [0.3, 0.4) is 0 Å². The predicted molar refractivity (Wildman–Crippen MR) is 159 cm³/mol. The SMILES string of the molecule is Cc1ccc2c(N3CCN(CCc4cccc5c4OCc4c(-c6nnc(C)o6)ncn4-5)CC3)cccc2n1.Cl.Cl. The van der Waals surface area contributed by atoms with Gasteiger partial charge in [0.2, 0.25) is 5.89 Å². The molecule has 0 N–H and O–H groups in total. The number of hydrogen-bond acceptors (Lipinski definition) is 8. The Morgan fingerprint density at radius 3 is 2.48 bits per heavy atom. The second-order valence-corrected chi connectivity index (χ2v) is 9.97. The van der Waals surface area contributed by atoms with Crippen molar-refractivity contribution in [2.24, 2.45) is 0 Å². The summed E-state index contributed by atoms with van der Waals surface area (Å²) in [5, 5.41) is 9.31. The normalized spacial score (nSPS) is 14.6. The lowest BCUT2D eigenvalue weighted by atomic mass is 10.1. The average Bonchev–Trinajstić information content (AvgIpc) is 3.58. The van der Waals surface area contributed by atoms with Gasteiger partial charge >= 0.3 is 0 Å². The lowest BCUT2D eigenvalue weighted by molar-refractivity contribution is 0.255. The van der Waals surface area contributed by atoms with E-state index in [1.807, 2.05) is 13.3 Å². The van der Waals surface area contributed by atoms with E-state index >= 15 is 0 Å². The van der Waals surface area contributed by atoms with Crippen molar-refractivity contribution >= 4 is 41.4 Å². The van der Waals surface area contributed by atoms with Crippen LogP contribution >= 0.6 is 24.8 Å². The molecule has 1 saturated heterocycles. The molecule has 208 valence electrons. The van der Waals surface area contributed by atoms with Crippen LogP contribution in [0.15, 0.2) is 59.3 Å². The monoisotopic (exact) mass is 579 g/mol. The van der Waals surface area contributed by atoms with E-state index in [9.17, 15) is 0 Å². The van der Waals surface area contributed by atoms with Gasteiger partial charge in [0.25, 0.3) is 5.89 Å². The van der Waals surface area contributed by atoms with Crippen LogP contribution in [0.2, 0.25) is 0 Å². The van der Waals surface area contributed by atoms with E-state index in [-0.39, 0.29) is 24.8 Å². The Labute approximate surface area is 245 Å². The Morgan fingerprint density at radius 2 is 1.68 bits per heavy atom.